The molecule has 0 bridgehead atoms. The third kappa shape index (κ3) is 4.62. The van der Waals surface area contributed by atoms with E-state index in [2.05, 4.69) is 47.1 Å². The smallest absolute Gasteiger partial charge is 0.0426 e. The first-order valence-electron chi connectivity index (χ1n) is 8.54. The Balaban J connectivity index is 1.67. The predicted octanol–water partition coefficient (Wildman–Crippen LogP) is 6.83. The summed E-state index contributed by atoms with van der Waals surface area (Å²) in [6, 6.07) is 8.97. The summed E-state index contributed by atoms with van der Waals surface area (Å²) in [5.74, 6) is 0.848. The summed E-state index contributed by atoms with van der Waals surface area (Å²) >= 11 is 3.96. The van der Waals surface area contributed by atoms with Crippen molar-refractivity contribution < 1.29 is 0 Å². The highest BCUT2D eigenvalue weighted by Gasteiger charge is 2.26. The number of alkyl halides is 1. The van der Waals surface area contributed by atoms with Gasteiger partial charge >= 0.3 is 0 Å². The van der Waals surface area contributed by atoms with Crippen LogP contribution >= 0.6 is 15.9 Å². The van der Waals surface area contributed by atoms with Gasteiger partial charge in [0.15, 0.2) is 0 Å². The Hall–Kier alpha value is -0.300. The minimum absolute atomic E-state index is 0.590. The number of rotatable bonds is 8. The lowest BCUT2D eigenvalue weighted by Crippen LogP contribution is -2.16. The summed E-state index contributed by atoms with van der Waals surface area (Å²) < 4.78 is 0. The molecule has 0 amide bonds. The Labute approximate surface area is 133 Å². The fraction of sp³-hybridized carbons (Fsp3) is 0.684. The highest BCUT2D eigenvalue weighted by atomic mass is 79.9. The fourth-order valence-electron chi connectivity index (χ4n) is 3.43. The molecular formula is C19H29Br. The van der Waals surface area contributed by atoms with E-state index >= 15 is 0 Å². The molecule has 1 aliphatic carbocycles. The van der Waals surface area contributed by atoms with Crippen LogP contribution in [0.15, 0.2) is 24.3 Å². The Morgan fingerprint density at radius 2 is 1.70 bits per heavy atom. The summed E-state index contributed by atoms with van der Waals surface area (Å²) in [7, 11) is 0. The Morgan fingerprint density at radius 1 is 1.00 bits per heavy atom. The van der Waals surface area contributed by atoms with Gasteiger partial charge in [-0.25, -0.2) is 0 Å². The molecule has 0 aliphatic heterocycles. The second-order valence-electron chi connectivity index (χ2n) is 6.31. The second-order valence-corrected chi connectivity index (χ2v) is 7.30. The van der Waals surface area contributed by atoms with E-state index in [4.69, 9.17) is 0 Å². The maximum absolute atomic E-state index is 3.96. The van der Waals surface area contributed by atoms with Crippen LogP contribution in [0.3, 0.4) is 0 Å². The summed E-state index contributed by atoms with van der Waals surface area (Å²) in [5.41, 5.74) is 3.11. The van der Waals surface area contributed by atoms with E-state index in [1.807, 2.05) is 0 Å². The highest BCUT2D eigenvalue weighted by Crippen LogP contribution is 2.42. The number of unbranched alkanes of at least 4 members (excludes halogenated alkanes) is 6. The summed E-state index contributed by atoms with van der Waals surface area (Å²) in [5, 5.41) is 0. The van der Waals surface area contributed by atoms with Gasteiger partial charge in [0.05, 0.1) is 0 Å². The summed E-state index contributed by atoms with van der Waals surface area (Å²) in [4.78, 5) is 0.590. The molecule has 1 heteroatoms. The molecule has 0 radical (unpaired) electrons. The van der Waals surface area contributed by atoms with Crippen LogP contribution in [0.5, 0.6) is 0 Å². The lowest BCUT2D eigenvalue weighted by Gasteiger charge is -2.30. The van der Waals surface area contributed by atoms with Crippen LogP contribution in [0, 0.1) is 5.92 Å². The first-order chi connectivity index (χ1) is 9.83. The van der Waals surface area contributed by atoms with E-state index < -0.39 is 0 Å². The van der Waals surface area contributed by atoms with Crippen LogP contribution in [0.25, 0.3) is 0 Å². The van der Waals surface area contributed by atoms with Crippen molar-refractivity contribution in [3.8, 4) is 0 Å². The maximum atomic E-state index is 3.96. The number of hydrogen-bond acceptors (Lipinski definition) is 0. The van der Waals surface area contributed by atoms with Crippen molar-refractivity contribution in [3.63, 3.8) is 0 Å². The van der Waals surface area contributed by atoms with Gasteiger partial charge < -0.3 is 0 Å². The zero-order valence-corrected chi connectivity index (χ0v) is 14.5. The van der Waals surface area contributed by atoms with Crippen LogP contribution in [0.4, 0.5) is 0 Å². The molecule has 1 aliphatic rings. The number of aryl methyl sites for hydroxylation is 1. The minimum Gasteiger partial charge on any atom is -0.0836 e. The number of hydrogen-bond donors (Lipinski definition) is 0. The van der Waals surface area contributed by atoms with E-state index in [-0.39, 0.29) is 0 Å². The van der Waals surface area contributed by atoms with Crippen molar-refractivity contribution >= 4 is 15.9 Å². The van der Waals surface area contributed by atoms with Crippen LogP contribution < -0.4 is 0 Å². The maximum Gasteiger partial charge on any atom is 0.0426 e. The predicted molar refractivity (Wildman–Crippen MR) is 92.5 cm³/mol. The molecule has 0 heterocycles. The minimum atomic E-state index is 0.590. The molecule has 2 atom stereocenters. The van der Waals surface area contributed by atoms with Crippen LogP contribution in [-0.4, -0.2) is 0 Å². The average Bonchev–Trinajstić information content (AvgIpc) is 2.49. The van der Waals surface area contributed by atoms with E-state index in [1.54, 1.807) is 11.1 Å². The van der Waals surface area contributed by atoms with Crippen molar-refractivity contribution in [2.75, 3.05) is 0 Å². The molecule has 0 aromatic heterocycles. The van der Waals surface area contributed by atoms with Gasteiger partial charge in [-0.1, -0.05) is 92.1 Å². The molecule has 1 aromatic rings. The van der Waals surface area contributed by atoms with Crippen LogP contribution in [0.2, 0.25) is 0 Å². The molecule has 0 nitrogen and oxygen atoms in total. The normalized spacial score (nSPS) is 21.7. The monoisotopic (exact) mass is 336 g/mol. The molecule has 2 rings (SSSR count). The quantitative estimate of drug-likeness (QED) is 0.360. The first kappa shape index (κ1) is 16.1. The molecule has 0 spiro atoms. The van der Waals surface area contributed by atoms with Gasteiger partial charge in [0.25, 0.3) is 0 Å². The van der Waals surface area contributed by atoms with Crippen molar-refractivity contribution in [1.82, 2.24) is 0 Å². The van der Waals surface area contributed by atoms with Gasteiger partial charge in [-0.3, -0.25) is 0 Å². The van der Waals surface area contributed by atoms with Gasteiger partial charge in [0.2, 0.25) is 0 Å². The van der Waals surface area contributed by atoms with Gasteiger partial charge in [-0.05, 0) is 36.3 Å². The lowest BCUT2D eigenvalue weighted by molar-refractivity contribution is 0.401. The number of benzene rings is 1. The van der Waals surface area contributed by atoms with E-state index in [9.17, 15) is 0 Å². The zero-order chi connectivity index (χ0) is 14.2. The molecule has 1 aromatic carbocycles. The molecule has 2 unspecified atom stereocenters. The second kappa shape index (κ2) is 8.87. The molecule has 0 saturated heterocycles. The zero-order valence-electron chi connectivity index (χ0n) is 12.9. The van der Waals surface area contributed by atoms with Crippen LogP contribution in [0.1, 0.15) is 80.7 Å². The average molecular weight is 337 g/mol. The Kier molecular flexibility index (Phi) is 7.13. The first-order valence-corrected chi connectivity index (χ1v) is 9.46. The fourth-order valence-corrected chi connectivity index (χ4v) is 4.40. The Bertz CT molecular complexity index is 385. The third-order valence-electron chi connectivity index (χ3n) is 4.73. The van der Waals surface area contributed by atoms with Gasteiger partial charge in [-0.15, -0.1) is 0 Å². The molecule has 20 heavy (non-hydrogen) atoms. The molecule has 112 valence electrons. The van der Waals surface area contributed by atoms with Gasteiger partial charge in [0, 0.05) is 4.83 Å². The Morgan fingerprint density at radius 3 is 2.50 bits per heavy atom. The summed E-state index contributed by atoms with van der Waals surface area (Å²) in [6.45, 7) is 2.29. The van der Waals surface area contributed by atoms with E-state index in [0.29, 0.717) is 4.83 Å². The number of fused-ring (bicyclic) bond motifs is 1. The van der Waals surface area contributed by atoms with E-state index in [1.165, 1.54) is 64.2 Å². The SMILES string of the molecule is CCCCCCCCCC1CCc2ccccc2C1Br. The van der Waals surface area contributed by atoms with Crippen LogP contribution in [-0.2, 0) is 6.42 Å². The van der Waals surface area contributed by atoms with Crippen molar-refractivity contribution in [2.45, 2.75) is 76.0 Å². The van der Waals surface area contributed by atoms with E-state index in [0.717, 1.165) is 5.92 Å². The van der Waals surface area contributed by atoms with Crippen molar-refractivity contribution in [3.05, 3.63) is 35.4 Å². The van der Waals surface area contributed by atoms with Gasteiger partial charge in [0.1, 0.15) is 0 Å². The topological polar surface area (TPSA) is 0 Å². The molecule has 0 N–H and O–H groups in total. The highest BCUT2D eigenvalue weighted by molar-refractivity contribution is 9.09. The van der Waals surface area contributed by atoms with Crippen molar-refractivity contribution in [1.29, 1.82) is 0 Å². The van der Waals surface area contributed by atoms with Gasteiger partial charge in [-0.2, -0.15) is 0 Å². The standard InChI is InChI=1S/C19H29Br/c1-2-3-4-5-6-7-8-12-17-15-14-16-11-9-10-13-18(16)19(17)20/h9-11,13,17,19H,2-8,12,14-15H2,1H3. The molecular weight excluding hydrogens is 308 g/mol. The van der Waals surface area contributed by atoms with Crippen molar-refractivity contribution in [2.24, 2.45) is 5.92 Å². The lowest BCUT2D eigenvalue weighted by atomic mass is 9.81. The largest absolute Gasteiger partial charge is 0.0836 e. The molecule has 0 saturated carbocycles. The third-order valence-corrected chi connectivity index (χ3v) is 5.97. The number of halogens is 1. The summed E-state index contributed by atoms with van der Waals surface area (Å²) in [6.07, 6.45) is 14.0. The molecule has 0 fully saturated rings.